The van der Waals surface area contributed by atoms with Crippen LogP contribution in [0.2, 0.25) is 0 Å². The quantitative estimate of drug-likeness (QED) is 0.562. The van der Waals surface area contributed by atoms with Crippen molar-refractivity contribution in [3.05, 3.63) is 60.2 Å². The summed E-state index contributed by atoms with van der Waals surface area (Å²) in [6.07, 6.45) is 3.12. The Morgan fingerprint density at radius 3 is 2.36 bits per heavy atom. The predicted molar refractivity (Wildman–Crippen MR) is 110 cm³/mol. The summed E-state index contributed by atoms with van der Waals surface area (Å²) in [4.78, 5) is 11.9. The monoisotopic (exact) mass is 404 g/mol. The minimum Gasteiger partial charge on any atom is -0.484 e. The zero-order chi connectivity index (χ0) is 20.4. The maximum Gasteiger partial charge on any atom is 0.257 e. The van der Waals surface area contributed by atoms with Crippen LogP contribution in [-0.4, -0.2) is 27.5 Å². The van der Waals surface area contributed by atoms with Gasteiger partial charge in [-0.3, -0.25) is 4.79 Å². The fourth-order valence-corrected chi connectivity index (χ4v) is 3.86. The third-order valence-corrected chi connectivity index (χ3v) is 5.79. The second-order valence-electron chi connectivity index (χ2n) is 6.57. The van der Waals surface area contributed by atoms with E-state index in [1.165, 1.54) is 12.1 Å². The maximum atomic E-state index is 12.5. The Morgan fingerprint density at radius 2 is 1.71 bits per heavy atom. The number of carbonyl (C=O) groups excluding carboxylic acids is 1. The molecule has 28 heavy (non-hydrogen) atoms. The number of sulfonamides is 1. The Bertz CT molecular complexity index is 836. The van der Waals surface area contributed by atoms with Crippen LogP contribution in [-0.2, 0) is 14.8 Å². The number of benzene rings is 2. The van der Waals surface area contributed by atoms with Crippen molar-refractivity contribution >= 4 is 15.9 Å². The van der Waals surface area contributed by atoms with Gasteiger partial charge >= 0.3 is 0 Å². The first-order chi connectivity index (χ1) is 13.4. The average molecular weight is 405 g/mol. The molecule has 0 saturated heterocycles. The molecule has 0 heterocycles. The molecule has 7 heteroatoms. The fourth-order valence-electron chi connectivity index (χ4n) is 2.63. The smallest absolute Gasteiger partial charge is 0.257 e. The van der Waals surface area contributed by atoms with Gasteiger partial charge in [0.1, 0.15) is 5.75 Å². The van der Waals surface area contributed by atoms with Crippen molar-refractivity contribution in [2.45, 2.75) is 44.0 Å². The van der Waals surface area contributed by atoms with E-state index in [0.717, 1.165) is 24.8 Å². The minimum atomic E-state index is -3.66. The van der Waals surface area contributed by atoms with E-state index in [4.69, 9.17) is 4.74 Å². The summed E-state index contributed by atoms with van der Waals surface area (Å²) >= 11 is 0. The van der Waals surface area contributed by atoms with Gasteiger partial charge in [0.2, 0.25) is 10.0 Å². The first-order valence-corrected chi connectivity index (χ1v) is 11.0. The van der Waals surface area contributed by atoms with Crippen molar-refractivity contribution in [1.29, 1.82) is 0 Å². The van der Waals surface area contributed by atoms with Gasteiger partial charge in [-0.1, -0.05) is 50.1 Å². The number of hydrogen-bond donors (Lipinski definition) is 2. The molecule has 0 fully saturated rings. The summed E-state index contributed by atoms with van der Waals surface area (Å²) in [7, 11) is -3.66. The van der Waals surface area contributed by atoms with E-state index in [0.29, 0.717) is 12.3 Å². The lowest BCUT2D eigenvalue weighted by Gasteiger charge is -2.15. The molecule has 1 atom stereocenters. The zero-order valence-electron chi connectivity index (χ0n) is 16.4. The number of ether oxygens (including phenoxy) is 1. The largest absolute Gasteiger partial charge is 0.484 e. The molecule has 0 bridgehead atoms. The van der Waals surface area contributed by atoms with E-state index in [1.54, 1.807) is 19.1 Å². The van der Waals surface area contributed by atoms with Gasteiger partial charge in [-0.05, 0) is 43.2 Å². The lowest BCUT2D eigenvalue weighted by Crippen LogP contribution is -2.29. The summed E-state index contributed by atoms with van der Waals surface area (Å²) in [5.74, 6) is 0.255. The highest BCUT2D eigenvalue weighted by molar-refractivity contribution is 7.89. The number of amides is 1. The van der Waals surface area contributed by atoms with E-state index in [-0.39, 0.29) is 23.5 Å². The van der Waals surface area contributed by atoms with Gasteiger partial charge in [0.05, 0.1) is 4.90 Å². The summed E-state index contributed by atoms with van der Waals surface area (Å²) in [6, 6.07) is 15.0. The molecule has 0 aliphatic carbocycles. The predicted octanol–water partition coefficient (Wildman–Crippen LogP) is 3.41. The number of nitrogens with one attached hydrogen (secondary N) is 2. The molecule has 0 unspecified atom stereocenters. The molecule has 0 aromatic heterocycles. The van der Waals surface area contributed by atoms with Crippen LogP contribution >= 0.6 is 0 Å². The molecule has 2 N–H and O–H groups in total. The molecule has 152 valence electrons. The van der Waals surface area contributed by atoms with Crippen LogP contribution in [0.4, 0.5) is 0 Å². The van der Waals surface area contributed by atoms with Crippen molar-refractivity contribution in [3.8, 4) is 5.75 Å². The Hall–Kier alpha value is -2.38. The van der Waals surface area contributed by atoms with Gasteiger partial charge in [-0.2, -0.15) is 0 Å². The fraction of sp³-hybridized carbons (Fsp3) is 0.381. The van der Waals surface area contributed by atoms with Gasteiger partial charge in [0.25, 0.3) is 5.91 Å². The summed E-state index contributed by atoms with van der Waals surface area (Å²) in [5.41, 5.74) is 0.885. The molecule has 0 aliphatic heterocycles. The molecule has 0 saturated carbocycles. The van der Waals surface area contributed by atoms with Crippen molar-refractivity contribution in [2.75, 3.05) is 13.2 Å². The second-order valence-corrected chi connectivity index (χ2v) is 8.28. The molecular formula is C21H28N2O4S. The van der Waals surface area contributed by atoms with Crippen molar-refractivity contribution in [2.24, 2.45) is 0 Å². The number of rotatable bonds is 11. The van der Waals surface area contributed by atoms with Crippen LogP contribution in [0, 0.1) is 0 Å². The highest BCUT2D eigenvalue weighted by Crippen LogP contribution is 2.19. The molecule has 0 spiro atoms. The summed E-state index contributed by atoms with van der Waals surface area (Å²) in [6.45, 7) is 4.44. The lowest BCUT2D eigenvalue weighted by molar-refractivity contribution is -0.123. The Balaban J connectivity index is 1.87. The third-order valence-electron chi connectivity index (χ3n) is 4.24. The molecule has 2 aromatic carbocycles. The van der Waals surface area contributed by atoms with Crippen LogP contribution in [0.1, 0.15) is 44.7 Å². The second kappa shape index (κ2) is 10.8. The van der Waals surface area contributed by atoms with Crippen LogP contribution in [0.25, 0.3) is 0 Å². The van der Waals surface area contributed by atoms with E-state index in [2.05, 4.69) is 17.0 Å². The van der Waals surface area contributed by atoms with Gasteiger partial charge in [0.15, 0.2) is 6.61 Å². The van der Waals surface area contributed by atoms with Crippen LogP contribution in [0.5, 0.6) is 5.75 Å². The molecular weight excluding hydrogens is 376 g/mol. The highest BCUT2D eigenvalue weighted by Gasteiger charge is 2.18. The van der Waals surface area contributed by atoms with Gasteiger partial charge < -0.3 is 10.1 Å². The number of hydrogen-bond acceptors (Lipinski definition) is 4. The van der Waals surface area contributed by atoms with Crippen LogP contribution < -0.4 is 14.8 Å². The molecule has 2 rings (SSSR count). The lowest BCUT2D eigenvalue weighted by atomic mass is 10.1. The number of unbranched alkanes of at least 4 members (excludes halogenated alkanes) is 2. The van der Waals surface area contributed by atoms with Gasteiger partial charge in [-0.15, -0.1) is 0 Å². The van der Waals surface area contributed by atoms with Gasteiger partial charge in [-0.25, -0.2) is 13.1 Å². The highest BCUT2D eigenvalue weighted by atomic mass is 32.2. The Labute approximate surface area is 167 Å². The molecule has 1 amide bonds. The molecule has 6 nitrogen and oxygen atoms in total. The summed E-state index contributed by atoms with van der Waals surface area (Å²) < 4.78 is 33.2. The van der Waals surface area contributed by atoms with Crippen LogP contribution in [0.15, 0.2) is 59.5 Å². The third kappa shape index (κ3) is 6.98. The maximum absolute atomic E-state index is 12.5. The first kappa shape index (κ1) is 21.9. The normalized spacial score (nSPS) is 12.4. The molecule has 2 aromatic rings. The number of carbonyl (C=O) groups is 1. The first-order valence-electron chi connectivity index (χ1n) is 9.49. The average Bonchev–Trinajstić information content (AvgIpc) is 2.70. The van der Waals surface area contributed by atoms with E-state index < -0.39 is 10.0 Å². The van der Waals surface area contributed by atoms with E-state index >= 15 is 0 Å². The molecule has 0 aliphatic rings. The van der Waals surface area contributed by atoms with Crippen molar-refractivity contribution in [1.82, 2.24) is 10.0 Å². The topological polar surface area (TPSA) is 84.5 Å². The zero-order valence-corrected chi connectivity index (χ0v) is 17.2. The molecule has 0 radical (unpaired) electrons. The standard InChI is InChI=1S/C21H28N2O4S/c1-3-4-8-15-22-21(24)16-27-19-11-13-20(14-12-19)28(25,26)23-17(2)18-9-6-5-7-10-18/h5-7,9-14,17,23H,3-4,8,15-16H2,1-2H3,(H,22,24)/t17-/m0/s1. The van der Waals surface area contributed by atoms with E-state index in [1.807, 2.05) is 30.3 Å². The SMILES string of the molecule is CCCCCNC(=O)COc1ccc(S(=O)(=O)N[C@@H](C)c2ccccc2)cc1. The summed E-state index contributed by atoms with van der Waals surface area (Å²) in [5, 5.41) is 2.79. The van der Waals surface area contributed by atoms with Crippen molar-refractivity contribution in [3.63, 3.8) is 0 Å². The van der Waals surface area contributed by atoms with E-state index in [9.17, 15) is 13.2 Å². The Morgan fingerprint density at radius 1 is 1.04 bits per heavy atom. The minimum absolute atomic E-state index is 0.0957. The van der Waals surface area contributed by atoms with Crippen LogP contribution in [0.3, 0.4) is 0 Å². The van der Waals surface area contributed by atoms with Gasteiger partial charge in [0, 0.05) is 12.6 Å². The van der Waals surface area contributed by atoms with Crippen molar-refractivity contribution < 1.29 is 17.9 Å². The Kier molecular flexibility index (Phi) is 8.47.